The van der Waals surface area contributed by atoms with Gasteiger partial charge in [-0.2, -0.15) is 0 Å². The lowest BCUT2D eigenvalue weighted by molar-refractivity contribution is -0.123. The third-order valence-corrected chi connectivity index (χ3v) is 6.19. The Morgan fingerprint density at radius 2 is 1.50 bits per heavy atom. The van der Waals surface area contributed by atoms with Crippen LogP contribution < -0.4 is 10.0 Å². The standard InChI is InChI=1S/C26H29N3O3S.C3H8/c1-20(2)29-26(30)25(23-14-9-16-27-18-23)24(22-12-7-4-8-13-22)19-28-33(31,32)17-15-21-10-5-3-6-11-21;1-3-2/h3-18,20,24-25,28H,19H2,1-2H3,(H,29,30);3H2,1-2H3/b17-15+;. The molecule has 0 aliphatic carbocycles. The fourth-order valence-corrected chi connectivity index (χ4v) is 4.46. The summed E-state index contributed by atoms with van der Waals surface area (Å²) in [6.45, 7) is 8.09. The molecule has 7 heteroatoms. The minimum atomic E-state index is -3.73. The topological polar surface area (TPSA) is 88.2 Å². The van der Waals surface area contributed by atoms with E-state index in [0.29, 0.717) is 0 Å². The van der Waals surface area contributed by atoms with Crippen molar-refractivity contribution in [1.82, 2.24) is 15.0 Å². The molecule has 1 heterocycles. The Labute approximate surface area is 215 Å². The Balaban J connectivity index is 0.00000145. The first-order valence-electron chi connectivity index (χ1n) is 12.2. The number of nitrogens with zero attached hydrogens (tertiary/aromatic N) is 1. The third-order valence-electron chi connectivity index (χ3n) is 5.13. The predicted molar refractivity (Wildman–Crippen MR) is 148 cm³/mol. The van der Waals surface area contributed by atoms with Crippen molar-refractivity contribution in [1.29, 1.82) is 0 Å². The van der Waals surface area contributed by atoms with E-state index in [1.54, 1.807) is 24.5 Å². The predicted octanol–water partition coefficient (Wildman–Crippen LogP) is 5.48. The van der Waals surface area contributed by atoms with E-state index in [9.17, 15) is 13.2 Å². The van der Waals surface area contributed by atoms with Crippen molar-refractivity contribution in [3.05, 3.63) is 107 Å². The molecule has 192 valence electrons. The van der Waals surface area contributed by atoms with Crippen LogP contribution in [0.15, 0.2) is 90.6 Å². The SMILES string of the molecule is CC(C)NC(=O)C(c1cccnc1)C(CNS(=O)(=O)/C=C/c1ccccc1)c1ccccc1.CCC. The van der Waals surface area contributed by atoms with E-state index >= 15 is 0 Å². The molecule has 2 aromatic carbocycles. The summed E-state index contributed by atoms with van der Waals surface area (Å²) in [5.74, 6) is -1.23. The number of amides is 1. The van der Waals surface area contributed by atoms with Gasteiger partial charge in [-0.1, -0.05) is 87.0 Å². The maximum atomic E-state index is 13.3. The van der Waals surface area contributed by atoms with Crippen molar-refractivity contribution in [2.45, 2.75) is 52.0 Å². The van der Waals surface area contributed by atoms with E-state index < -0.39 is 21.9 Å². The van der Waals surface area contributed by atoms with Crippen molar-refractivity contribution in [3.8, 4) is 0 Å². The zero-order chi connectivity index (χ0) is 26.4. The number of hydrogen-bond acceptors (Lipinski definition) is 4. The maximum absolute atomic E-state index is 13.3. The smallest absolute Gasteiger partial charge is 0.233 e. The largest absolute Gasteiger partial charge is 0.353 e. The Morgan fingerprint density at radius 3 is 2.06 bits per heavy atom. The summed E-state index contributed by atoms with van der Waals surface area (Å²) in [7, 11) is -3.73. The summed E-state index contributed by atoms with van der Waals surface area (Å²) < 4.78 is 28.1. The Morgan fingerprint density at radius 1 is 0.917 bits per heavy atom. The highest BCUT2D eigenvalue weighted by molar-refractivity contribution is 7.92. The number of benzene rings is 2. The second-order valence-electron chi connectivity index (χ2n) is 8.76. The van der Waals surface area contributed by atoms with Crippen LogP contribution in [-0.2, 0) is 14.8 Å². The summed E-state index contributed by atoms with van der Waals surface area (Å²) in [6.07, 6.45) is 6.10. The first kappa shape index (κ1) is 28.9. The zero-order valence-corrected chi connectivity index (χ0v) is 22.3. The minimum Gasteiger partial charge on any atom is -0.353 e. The van der Waals surface area contributed by atoms with Gasteiger partial charge in [0.05, 0.1) is 5.92 Å². The number of carbonyl (C=O) groups excluding carboxylic acids is 1. The molecular weight excluding hydrogens is 470 g/mol. The van der Waals surface area contributed by atoms with Gasteiger partial charge in [-0.3, -0.25) is 9.78 Å². The number of nitrogens with one attached hydrogen (secondary N) is 2. The molecule has 2 unspecified atom stereocenters. The van der Waals surface area contributed by atoms with E-state index in [0.717, 1.165) is 22.1 Å². The van der Waals surface area contributed by atoms with Gasteiger partial charge in [0.2, 0.25) is 15.9 Å². The van der Waals surface area contributed by atoms with Gasteiger partial charge in [-0.15, -0.1) is 0 Å². The van der Waals surface area contributed by atoms with E-state index in [4.69, 9.17) is 0 Å². The van der Waals surface area contributed by atoms with Crippen molar-refractivity contribution >= 4 is 22.0 Å². The van der Waals surface area contributed by atoms with E-state index in [1.807, 2.05) is 80.6 Å². The molecule has 3 rings (SSSR count). The Bertz CT molecular complexity index is 1170. The average Bonchev–Trinajstić information content (AvgIpc) is 2.87. The molecule has 0 aliphatic heterocycles. The lowest BCUT2D eigenvalue weighted by Crippen LogP contribution is -2.40. The van der Waals surface area contributed by atoms with Crippen LogP contribution in [0.1, 0.15) is 62.6 Å². The lowest BCUT2D eigenvalue weighted by atomic mass is 9.81. The second-order valence-corrected chi connectivity index (χ2v) is 10.4. The minimum absolute atomic E-state index is 0.0521. The van der Waals surface area contributed by atoms with E-state index in [2.05, 4.69) is 28.9 Å². The van der Waals surface area contributed by atoms with Crippen molar-refractivity contribution in [2.75, 3.05) is 6.54 Å². The van der Waals surface area contributed by atoms with Gasteiger partial charge in [-0.25, -0.2) is 13.1 Å². The summed E-state index contributed by atoms with van der Waals surface area (Å²) in [5.41, 5.74) is 2.37. The number of pyridine rings is 1. The summed E-state index contributed by atoms with van der Waals surface area (Å²) in [4.78, 5) is 17.5. The first-order chi connectivity index (χ1) is 17.3. The van der Waals surface area contributed by atoms with E-state index in [-0.39, 0.29) is 18.5 Å². The molecule has 0 aliphatic rings. The second kappa shape index (κ2) is 15.0. The van der Waals surface area contributed by atoms with Crippen LogP contribution in [0.5, 0.6) is 0 Å². The van der Waals surface area contributed by atoms with Crippen LogP contribution in [0.2, 0.25) is 0 Å². The normalized spacial score (nSPS) is 13.0. The molecule has 6 nitrogen and oxygen atoms in total. The van der Waals surface area contributed by atoms with Crippen LogP contribution in [0.3, 0.4) is 0 Å². The molecule has 0 saturated carbocycles. The molecule has 0 fully saturated rings. The van der Waals surface area contributed by atoms with Crippen LogP contribution in [0.4, 0.5) is 0 Å². The fraction of sp³-hybridized carbons (Fsp3) is 0.310. The molecule has 0 spiro atoms. The highest BCUT2D eigenvalue weighted by Gasteiger charge is 2.32. The molecule has 36 heavy (non-hydrogen) atoms. The molecule has 1 amide bonds. The van der Waals surface area contributed by atoms with Gasteiger partial charge >= 0.3 is 0 Å². The molecule has 0 radical (unpaired) electrons. The van der Waals surface area contributed by atoms with E-state index in [1.165, 1.54) is 6.42 Å². The monoisotopic (exact) mass is 507 g/mol. The Kier molecular flexibility index (Phi) is 12.0. The molecule has 3 aromatic rings. The van der Waals surface area contributed by atoms with Crippen molar-refractivity contribution in [3.63, 3.8) is 0 Å². The summed E-state index contributed by atoms with van der Waals surface area (Å²) in [6, 6.07) is 22.2. The third kappa shape index (κ3) is 9.76. The summed E-state index contributed by atoms with van der Waals surface area (Å²) in [5, 5.41) is 4.13. The van der Waals surface area contributed by atoms with Gasteiger partial charge in [0.1, 0.15) is 0 Å². The highest BCUT2D eigenvalue weighted by Crippen LogP contribution is 2.33. The maximum Gasteiger partial charge on any atom is 0.233 e. The fourth-order valence-electron chi connectivity index (χ4n) is 3.62. The first-order valence-corrected chi connectivity index (χ1v) is 13.8. The zero-order valence-electron chi connectivity index (χ0n) is 21.5. The van der Waals surface area contributed by atoms with Gasteiger partial charge in [0.25, 0.3) is 0 Å². The average molecular weight is 508 g/mol. The number of rotatable bonds is 10. The number of carbonyl (C=O) groups is 1. The van der Waals surface area contributed by atoms with Crippen LogP contribution in [0, 0.1) is 0 Å². The van der Waals surface area contributed by atoms with Crippen LogP contribution in [0.25, 0.3) is 6.08 Å². The van der Waals surface area contributed by atoms with Crippen LogP contribution in [-0.4, -0.2) is 31.9 Å². The molecular formula is C29H37N3O3S. The molecule has 0 saturated heterocycles. The molecule has 2 atom stereocenters. The molecule has 1 aromatic heterocycles. The molecule has 0 bridgehead atoms. The van der Waals surface area contributed by atoms with Crippen molar-refractivity contribution in [2.24, 2.45) is 0 Å². The number of sulfonamides is 1. The Hall–Kier alpha value is -3.29. The lowest BCUT2D eigenvalue weighted by Gasteiger charge is -2.28. The molecule has 2 N–H and O–H groups in total. The highest BCUT2D eigenvalue weighted by atomic mass is 32.2. The quantitative estimate of drug-likeness (QED) is 0.380. The van der Waals surface area contributed by atoms with Gasteiger partial charge < -0.3 is 5.32 Å². The van der Waals surface area contributed by atoms with Gasteiger partial charge in [-0.05, 0) is 42.7 Å². The van der Waals surface area contributed by atoms with Gasteiger partial charge in [0, 0.05) is 36.3 Å². The number of aromatic nitrogens is 1. The van der Waals surface area contributed by atoms with Crippen LogP contribution >= 0.6 is 0 Å². The number of hydrogen-bond donors (Lipinski definition) is 2. The van der Waals surface area contributed by atoms with Gasteiger partial charge in [0.15, 0.2) is 0 Å². The summed E-state index contributed by atoms with van der Waals surface area (Å²) >= 11 is 0. The van der Waals surface area contributed by atoms with Crippen molar-refractivity contribution < 1.29 is 13.2 Å².